The summed E-state index contributed by atoms with van der Waals surface area (Å²) < 4.78 is 1.72. The van der Waals surface area contributed by atoms with Gasteiger partial charge < -0.3 is 0 Å². The van der Waals surface area contributed by atoms with Crippen LogP contribution in [-0.2, 0) is 17.8 Å². The molecule has 8 heteroatoms. The summed E-state index contributed by atoms with van der Waals surface area (Å²) in [5, 5.41) is 8.48. The van der Waals surface area contributed by atoms with Crippen LogP contribution in [0.4, 0.5) is 5.82 Å². The molecule has 1 amide bonds. The van der Waals surface area contributed by atoms with Crippen LogP contribution in [0, 0.1) is 0 Å². The van der Waals surface area contributed by atoms with Crippen molar-refractivity contribution in [2.75, 3.05) is 11.9 Å². The number of anilines is 1. The first-order valence-corrected chi connectivity index (χ1v) is 12.4. The topological polar surface area (TPSA) is 89.2 Å². The van der Waals surface area contributed by atoms with Gasteiger partial charge in [-0.3, -0.25) is 14.7 Å². The van der Waals surface area contributed by atoms with Crippen LogP contribution in [0.25, 0.3) is 17.1 Å². The molecule has 0 aliphatic carbocycles. The normalized spacial score (nSPS) is 13.7. The third-order valence-electron chi connectivity index (χ3n) is 6.43. The Kier molecular flexibility index (Phi) is 6.72. The van der Waals surface area contributed by atoms with Crippen molar-refractivity contribution in [3.8, 4) is 17.1 Å². The Morgan fingerprint density at radius 2 is 1.92 bits per heavy atom. The fraction of sp³-hybridized carbons (Fsp3) is 0.241. The molecule has 0 radical (unpaired) electrons. The lowest BCUT2D eigenvalue weighted by Crippen LogP contribution is -2.26. The first kappa shape index (κ1) is 24.2. The summed E-state index contributed by atoms with van der Waals surface area (Å²) in [6, 6.07) is 16.1. The molecular weight excluding hydrogens is 462 g/mol. The average Bonchev–Trinajstić information content (AvgIpc) is 3.52. The van der Waals surface area contributed by atoms with E-state index in [0.29, 0.717) is 36.2 Å². The zero-order valence-electron chi connectivity index (χ0n) is 21.5. The number of hydrogen-bond donors (Lipinski definition) is 0. The molecule has 2 aromatic carbocycles. The Morgan fingerprint density at radius 1 is 1.14 bits per heavy atom. The number of benzene rings is 2. The predicted octanol–water partition coefficient (Wildman–Crippen LogP) is 4.93. The number of allylic oxidation sites excluding steroid dienone is 2. The minimum absolute atomic E-state index is 0.0268. The molecule has 0 N–H and O–H groups in total. The second-order valence-electron chi connectivity index (χ2n) is 9.26. The molecule has 0 saturated carbocycles. The molecule has 8 nitrogen and oxygen atoms in total. The van der Waals surface area contributed by atoms with Crippen molar-refractivity contribution in [1.82, 2.24) is 25.0 Å². The molecule has 5 rings (SSSR count). The predicted molar refractivity (Wildman–Crippen MR) is 145 cm³/mol. The lowest BCUT2D eigenvalue weighted by Gasteiger charge is -2.18. The van der Waals surface area contributed by atoms with Crippen LogP contribution in [0.5, 0.6) is 0 Å². The lowest BCUT2D eigenvalue weighted by molar-refractivity contribution is -0.117. The second-order valence-corrected chi connectivity index (χ2v) is 9.26. The van der Waals surface area contributed by atoms with Crippen molar-refractivity contribution in [2.24, 2.45) is 4.99 Å². The lowest BCUT2D eigenvalue weighted by atomic mass is 9.97. The minimum Gasteiger partial charge on any atom is -0.292 e. The van der Waals surface area contributed by atoms with Crippen LogP contribution in [-0.4, -0.2) is 43.6 Å². The molecule has 0 atom stereocenters. The van der Waals surface area contributed by atoms with Gasteiger partial charge >= 0.3 is 0 Å². The van der Waals surface area contributed by atoms with Crippen LogP contribution < -0.4 is 4.90 Å². The van der Waals surface area contributed by atoms with E-state index in [1.807, 2.05) is 67.7 Å². The fourth-order valence-electron chi connectivity index (χ4n) is 4.51. The zero-order valence-corrected chi connectivity index (χ0v) is 21.5. The molecule has 0 saturated heterocycles. The molecule has 186 valence electrons. The van der Waals surface area contributed by atoms with Gasteiger partial charge in [-0.2, -0.15) is 0 Å². The third-order valence-corrected chi connectivity index (χ3v) is 6.43. The number of amides is 1. The van der Waals surface area contributed by atoms with Crippen molar-refractivity contribution < 1.29 is 4.79 Å². The number of nitrogens with zero attached hydrogens (tertiary/aromatic N) is 7. The van der Waals surface area contributed by atoms with Gasteiger partial charge in [-0.25, -0.2) is 14.6 Å². The smallest absolute Gasteiger partial charge is 0.233 e. The van der Waals surface area contributed by atoms with E-state index in [1.165, 1.54) is 5.56 Å². The summed E-state index contributed by atoms with van der Waals surface area (Å²) in [5.74, 6) is 1.70. The number of fused-ring (bicyclic) bond motifs is 1. The Morgan fingerprint density at radius 3 is 2.65 bits per heavy atom. The summed E-state index contributed by atoms with van der Waals surface area (Å²) in [7, 11) is 1.73. The van der Waals surface area contributed by atoms with Gasteiger partial charge in [0.15, 0.2) is 5.82 Å². The van der Waals surface area contributed by atoms with Crippen molar-refractivity contribution in [3.05, 3.63) is 95.5 Å². The van der Waals surface area contributed by atoms with Crippen LogP contribution in [0.1, 0.15) is 49.1 Å². The highest BCUT2D eigenvalue weighted by molar-refractivity contribution is 6.07. The quantitative estimate of drug-likeness (QED) is 0.342. The van der Waals surface area contributed by atoms with Crippen LogP contribution in [0.15, 0.2) is 78.1 Å². The van der Waals surface area contributed by atoms with Crippen molar-refractivity contribution in [2.45, 2.75) is 39.7 Å². The summed E-state index contributed by atoms with van der Waals surface area (Å²) in [5.41, 5.74) is 6.40. The molecule has 0 fully saturated rings. The highest BCUT2D eigenvalue weighted by Gasteiger charge is 2.30. The Hall–Kier alpha value is -4.46. The van der Waals surface area contributed by atoms with Gasteiger partial charge in [0.2, 0.25) is 5.91 Å². The molecule has 37 heavy (non-hydrogen) atoms. The average molecular weight is 492 g/mol. The monoisotopic (exact) mass is 491 g/mol. The largest absolute Gasteiger partial charge is 0.292 e. The summed E-state index contributed by atoms with van der Waals surface area (Å²) in [4.78, 5) is 28.4. The molecule has 3 heterocycles. The molecule has 1 aliphatic rings. The molecule has 0 bridgehead atoms. The van der Waals surface area contributed by atoms with Gasteiger partial charge in [-0.05, 0) is 42.2 Å². The van der Waals surface area contributed by atoms with Gasteiger partial charge in [-0.15, -0.1) is 5.10 Å². The SMILES string of the molecule is C/C=C\C(=NC)c1cn(-c2ccc(CN3C(=O)Cc4cnc(-c5ccccc5C(C)C)nc43)cc2)nn1. The van der Waals surface area contributed by atoms with Gasteiger partial charge in [0, 0.05) is 24.4 Å². The standard InChI is InChI=1S/C29H29N7O/c1-5-8-25(30-4)26-18-36(34-33-26)22-13-11-20(12-14-22)17-35-27(37)15-21-16-31-28(32-29(21)35)24-10-7-6-9-23(24)19(2)3/h5-14,16,18-19H,15,17H2,1-4H3/b8-5-,30-25?. The van der Waals surface area contributed by atoms with E-state index in [2.05, 4.69) is 40.2 Å². The first-order valence-electron chi connectivity index (χ1n) is 12.4. The summed E-state index contributed by atoms with van der Waals surface area (Å²) in [6.45, 7) is 6.69. The number of rotatable bonds is 7. The van der Waals surface area contributed by atoms with E-state index in [-0.39, 0.29) is 5.91 Å². The molecule has 0 unspecified atom stereocenters. The van der Waals surface area contributed by atoms with Gasteiger partial charge in [0.25, 0.3) is 0 Å². The maximum Gasteiger partial charge on any atom is 0.233 e. The molecular formula is C29H29N7O. The first-order chi connectivity index (χ1) is 18.0. The van der Waals surface area contributed by atoms with E-state index < -0.39 is 0 Å². The van der Waals surface area contributed by atoms with Crippen molar-refractivity contribution >= 4 is 17.4 Å². The molecule has 4 aromatic rings. The summed E-state index contributed by atoms with van der Waals surface area (Å²) in [6.07, 6.45) is 7.78. The van der Waals surface area contributed by atoms with E-state index in [0.717, 1.165) is 28.1 Å². The van der Waals surface area contributed by atoms with Crippen molar-refractivity contribution in [3.63, 3.8) is 0 Å². The molecule has 0 spiro atoms. The van der Waals surface area contributed by atoms with E-state index in [1.54, 1.807) is 22.8 Å². The number of hydrogen-bond acceptors (Lipinski definition) is 6. The van der Waals surface area contributed by atoms with Gasteiger partial charge in [0.1, 0.15) is 11.5 Å². The van der Waals surface area contributed by atoms with Gasteiger partial charge in [0.05, 0.1) is 30.6 Å². The van der Waals surface area contributed by atoms with Gasteiger partial charge in [-0.1, -0.05) is 61.5 Å². The van der Waals surface area contributed by atoms with Crippen LogP contribution in [0.3, 0.4) is 0 Å². The zero-order chi connectivity index (χ0) is 25.9. The van der Waals surface area contributed by atoms with Crippen LogP contribution in [0.2, 0.25) is 0 Å². The van der Waals surface area contributed by atoms with E-state index in [9.17, 15) is 4.79 Å². The second kappa shape index (κ2) is 10.3. The number of aliphatic imine (C=N–C) groups is 1. The third kappa shape index (κ3) is 4.82. The Labute approximate surface area is 216 Å². The highest BCUT2D eigenvalue weighted by atomic mass is 16.2. The maximum atomic E-state index is 12.9. The van der Waals surface area contributed by atoms with Crippen LogP contribution >= 0.6 is 0 Å². The maximum absolute atomic E-state index is 12.9. The number of carbonyl (C=O) groups excluding carboxylic acids is 1. The number of carbonyl (C=O) groups is 1. The number of aromatic nitrogens is 5. The highest BCUT2D eigenvalue weighted by Crippen LogP contribution is 2.32. The molecule has 1 aliphatic heterocycles. The Bertz CT molecular complexity index is 1500. The Balaban J connectivity index is 1.38. The van der Waals surface area contributed by atoms with E-state index in [4.69, 9.17) is 4.98 Å². The van der Waals surface area contributed by atoms with E-state index >= 15 is 0 Å². The van der Waals surface area contributed by atoms with Crippen molar-refractivity contribution in [1.29, 1.82) is 0 Å². The summed E-state index contributed by atoms with van der Waals surface area (Å²) >= 11 is 0. The minimum atomic E-state index is 0.0268. The fourth-order valence-corrected chi connectivity index (χ4v) is 4.51. The molecule has 2 aromatic heterocycles.